The molecule has 0 aliphatic carbocycles. The minimum atomic E-state index is -1.05. The molecule has 2 aromatic heterocycles. The molecule has 0 radical (unpaired) electrons. The first-order chi connectivity index (χ1) is 18.0. The van der Waals surface area contributed by atoms with Gasteiger partial charge in [-0.3, -0.25) is 4.98 Å². The van der Waals surface area contributed by atoms with Crippen molar-refractivity contribution in [2.24, 2.45) is 0 Å². The Balaban J connectivity index is 1.68. The van der Waals surface area contributed by atoms with Gasteiger partial charge in [0, 0.05) is 28.5 Å². The van der Waals surface area contributed by atoms with Crippen LogP contribution in [0.2, 0.25) is 0 Å². The van der Waals surface area contributed by atoms with Crippen LogP contribution in [0.1, 0.15) is 10.4 Å². The first-order valence-corrected chi connectivity index (χ1v) is 12.1. The van der Waals surface area contributed by atoms with E-state index in [4.69, 9.17) is 18.9 Å². The summed E-state index contributed by atoms with van der Waals surface area (Å²) in [6.45, 7) is 0. The van der Waals surface area contributed by atoms with Crippen molar-refractivity contribution in [3.63, 3.8) is 0 Å². The summed E-state index contributed by atoms with van der Waals surface area (Å²) in [7, 11) is 4.78. The Morgan fingerprint density at radius 1 is 0.838 bits per heavy atom. The highest BCUT2D eigenvalue weighted by Crippen LogP contribution is 2.46. The van der Waals surface area contributed by atoms with Gasteiger partial charge < -0.3 is 24.1 Å². The van der Waals surface area contributed by atoms with Gasteiger partial charge in [-0.15, -0.1) is 11.3 Å². The molecule has 0 saturated heterocycles. The summed E-state index contributed by atoms with van der Waals surface area (Å²) < 4.78 is 23.6. The maximum Gasteiger partial charge on any atom is 0.336 e. The van der Waals surface area contributed by atoms with Crippen LogP contribution in [0.4, 0.5) is 0 Å². The molecule has 2 heterocycles. The molecule has 186 valence electrons. The molecule has 0 amide bonds. The van der Waals surface area contributed by atoms with Gasteiger partial charge in [0.2, 0.25) is 0 Å². The average Bonchev–Trinajstić information content (AvgIpc) is 3.26. The maximum atomic E-state index is 12.2. The highest BCUT2D eigenvalue weighted by Gasteiger charge is 2.20. The summed E-state index contributed by atoms with van der Waals surface area (Å²) >= 11 is 1.41. The number of fused-ring (bicyclic) bond motifs is 2. The number of ether oxygens (including phenoxy) is 4. The number of aliphatic carboxylic acids is 1. The Labute approximate surface area is 217 Å². The van der Waals surface area contributed by atoms with E-state index in [1.165, 1.54) is 11.3 Å². The van der Waals surface area contributed by atoms with Crippen LogP contribution in [-0.2, 0) is 4.79 Å². The summed E-state index contributed by atoms with van der Waals surface area (Å²) in [5.41, 5.74) is 0.670. The van der Waals surface area contributed by atoms with E-state index in [1.807, 2.05) is 48.5 Å². The van der Waals surface area contributed by atoms with Gasteiger partial charge >= 0.3 is 5.97 Å². The molecule has 37 heavy (non-hydrogen) atoms. The van der Waals surface area contributed by atoms with Gasteiger partial charge in [-0.25, -0.2) is 4.79 Å². The third-order valence-corrected chi connectivity index (χ3v) is 6.99. The van der Waals surface area contributed by atoms with Crippen LogP contribution in [0.5, 0.6) is 28.7 Å². The molecule has 0 aliphatic rings. The molecule has 0 unspecified atom stereocenters. The second kappa shape index (κ2) is 10.2. The zero-order valence-electron chi connectivity index (χ0n) is 20.3. The van der Waals surface area contributed by atoms with Crippen molar-refractivity contribution < 1.29 is 28.8 Å². The second-order valence-corrected chi connectivity index (χ2v) is 9.16. The van der Waals surface area contributed by atoms with Gasteiger partial charge in [0.25, 0.3) is 0 Å². The second-order valence-electron chi connectivity index (χ2n) is 8.07. The molecule has 0 aliphatic heterocycles. The number of methoxy groups -OCH3 is 3. The van der Waals surface area contributed by atoms with E-state index in [2.05, 4.69) is 4.98 Å². The van der Waals surface area contributed by atoms with E-state index in [0.717, 1.165) is 26.6 Å². The number of rotatable bonds is 8. The minimum Gasteiger partial charge on any atom is -0.497 e. The van der Waals surface area contributed by atoms with E-state index in [0.29, 0.717) is 33.4 Å². The molecular weight excluding hydrogens is 490 g/mol. The summed E-state index contributed by atoms with van der Waals surface area (Å²) in [6.07, 6.45) is 4.75. The number of hydrogen-bond donors (Lipinski definition) is 1. The third kappa shape index (κ3) is 4.79. The Bertz CT molecular complexity index is 1640. The standard InChI is InChI=1S/C29H23NO6S/c1-33-20-6-4-19-13-21(7-5-18(19)12-20)36-28-23-14-24(34-2)25(35-3)16-26(23)37-27(28)15-22(29(31)32)17-8-10-30-11-9-17/h4-16H,1-3H3,(H,31,32). The Hall–Kier alpha value is -4.56. The van der Waals surface area contributed by atoms with Gasteiger partial charge in [-0.05, 0) is 64.9 Å². The first kappa shape index (κ1) is 24.1. The Morgan fingerprint density at radius 2 is 1.49 bits per heavy atom. The number of nitrogens with zero attached hydrogens (tertiary/aromatic N) is 1. The van der Waals surface area contributed by atoms with Crippen LogP contribution in [0.25, 0.3) is 32.5 Å². The van der Waals surface area contributed by atoms with Gasteiger partial charge in [-0.1, -0.05) is 12.1 Å². The molecule has 1 N–H and O–H groups in total. The highest BCUT2D eigenvalue weighted by atomic mass is 32.1. The van der Waals surface area contributed by atoms with E-state index in [1.54, 1.807) is 51.9 Å². The monoisotopic (exact) mass is 513 g/mol. The molecule has 8 heteroatoms. The molecule has 0 saturated carbocycles. The lowest BCUT2D eigenvalue weighted by atomic mass is 10.1. The van der Waals surface area contributed by atoms with Gasteiger partial charge in [0.05, 0.1) is 31.8 Å². The largest absolute Gasteiger partial charge is 0.497 e. The topological polar surface area (TPSA) is 87.1 Å². The number of carboxylic acids is 1. The maximum absolute atomic E-state index is 12.2. The lowest BCUT2D eigenvalue weighted by Gasteiger charge is -2.11. The third-order valence-electron chi connectivity index (χ3n) is 5.91. The Morgan fingerprint density at radius 3 is 2.14 bits per heavy atom. The summed E-state index contributed by atoms with van der Waals surface area (Å²) in [4.78, 5) is 16.9. The van der Waals surface area contributed by atoms with Gasteiger partial charge in [0.15, 0.2) is 17.2 Å². The van der Waals surface area contributed by atoms with E-state index in [9.17, 15) is 9.90 Å². The number of thiophene rings is 1. The predicted molar refractivity (Wildman–Crippen MR) is 145 cm³/mol. The molecule has 0 bridgehead atoms. The van der Waals surface area contributed by atoms with Crippen LogP contribution in [0, 0.1) is 0 Å². The zero-order valence-corrected chi connectivity index (χ0v) is 21.2. The molecule has 0 spiro atoms. The summed E-state index contributed by atoms with van der Waals surface area (Å²) in [5, 5.41) is 12.8. The van der Waals surface area contributed by atoms with Crippen molar-refractivity contribution in [2.75, 3.05) is 21.3 Å². The van der Waals surface area contributed by atoms with Crippen molar-refractivity contribution in [1.29, 1.82) is 0 Å². The number of pyridine rings is 1. The lowest BCUT2D eigenvalue weighted by Crippen LogP contribution is -1.99. The minimum absolute atomic E-state index is 0.128. The number of carboxylic acid groups (broad SMARTS) is 1. The van der Waals surface area contributed by atoms with E-state index < -0.39 is 5.97 Å². The van der Waals surface area contributed by atoms with Crippen LogP contribution >= 0.6 is 11.3 Å². The Kier molecular flexibility index (Phi) is 6.66. The molecule has 0 atom stereocenters. The fourth-order valence-electron chi connectivity index (χ4n) is 4.06. The summed E-state index contributed by atoms with van der Waals surface area (Å²) in [5.74, 6) is 1.99. The SMILES string of the molecule is COc1ccc2cc(Oc3c(C=C(C(=O)O)c4ccncc4)sc4cc(OC)c(OC)cc34)ccc2c1. The van der Waals surface area contributed by atoms with Crippen LogP contribution in [0.15, 0.2) is 73.1 Å². The fourth-order valence-corrected chi connectivity index (χ4v) is 5.15. The smallest absolute Gasteiger partial charge is 0.336 e. The first-order valence-electron chi connectivity index (χ1n) is 11.3. The predicted octanol–water partition coefficient (Wildman–Crippen LogP) is 6.89. The lowest BCUT2D eigenvalue weighted by molar-refractivity contribution is -0.130. The van der Waals surface area contributed by atoms with Crippen molar-refractivity contribution in [3.05, 3.63) is 83.5 Å². The number of carbonyl (C=O) groups is 1. The van der Waals surface area contributed by atoms with E-state index >= 15 is 0 Å². The molecule has 7 nitrogen and oxygen atoms in total. The van der Waals surface area contributed by atoms with Crippen LogP contribution in [0.3, 0.4) is 0 Å². The van der Waals surface area contributed by atoms with Crippen molar-refractivity contribution in [1.82, 2.24) is 4.98 Å². The van der Waals surface area contributed by atoms with Gasteiger partial charge in [-0.2, -0.15) is 0 Å². The van der Waals surface area contributed by atoms with Crippen molar-refractivity contribution >= 4 is 49.8 Å². The van der Waals surface area contributed by atoms with Crippen LogP contribution < -0.4 is 18.9 Å². The molecular formula is C29H23NO6S. The van der Waals surface area contributed by atoms with Gasteiger partial charge in [0.1, 0.15) is 11.5 Å². The molecule has 0 fully saturated rings. The molecule has 3 aromatic carbocycles. The number of aromatic nitrogens is 1. The average molecular weight is 514 g/mol. The highest BCUT2D eigenvalue weighted by molar-refractivity contribution is 7.20. The summed E-state index contributed by atoms with van der Waals surface area (Å²) in [6, 6.07) is 18.6. The molecule has 5 rings (SSSR count). The van der Waals surface area contributed by atoms with Crippen molar-refractivity contribution in [3.8, 4) is 28.7 Å². The normalized spacial score (nSPS) is 11.5. The van der Waals surface area contributed by atoms with Crippen molar-refractivity contribution in [2.45, 2.75) is 0 Å². The quantitative estimate of drug-likeness (QED) is 0.226. The molecule has 5 aromatic rings. The zero-order chi connectivity index (χ0) is 25.9. The fraction of sp³-hybridized carbons (Fsp3) is 0.103. The number of hydrogen-bond acceptors (Lipinski definition) is 7. The van der Waals surface area contributed by atoms with E-state index in [-0.39, 0.29) is 5.57 Å². The van der Waals surface area contributed by atoms with Crippen LogP contribution in [-0.4, -0.2) is 37.4 Å². The number of benzene rings is 3.